The quantitative estimate of drug-likeness (QED) is 0.837. The number of benzene rings is 2. The lowest BCUT2D eigenvalue weighted by atomic mass is 10.3. The van der Waals surface area contributed by atoms with Crippen molar-refractivity contribution in [1.82, 2.24) is 0 Å². The van der Waals surface area contributed by atoms with Crippen LogP contribution in [0, 0.1) is 17.5 Å². The SMILES string of the molecule is O=C(Nc1cccc(F)c1)C(=O)Nc1c(F)cccc1F. The summed E-state index contributed by atoms with van der Waals surface area (Å²) in [5, 5.41) is 3.92. The van der Waals surface area contributed by atoms with Gasteiger partial charge in [0.15, 0.2) is 0 Å². The topological polar surface area (TPSA) is 58.2 Å². The molecule has 2 N–H and O–H groups in total. The molecule has 0 aliphatic heterocycles. The van der Waals surface area contributed by atoms with Crippen LogP contribution in [-0.4, -0.2) is 11.8 Å². The number of hydrogen-bond donors (Lipinski definition) is 2. The van der Waals surface area contributed by atoms with Gasteiger partial charge in [0.1, 0.15) is 23.1 Å². The van der Waals surface area contributed by atoms with Crippen molar-refractivity contribution in [2.45, 2.75) is 0 Å². The fraction of sp³-hybridized carbons (Fsp3) is 0. The van der Waals surface area contributed by atoms with Crippen LogP contribution in [-0.2, 0) is 9.59 Å². The van der Waals surface area contributed by atoms with Crippen molar-refractivity contribution in [3.8, 4) is 0 Å². The second-order valence-corrected chi connectivity index (χ2v) is 4.02. The summed E-state index contributed by atoms with van der Waals surface area (Å²) >= 11 is 0. The zero-order valence-corrected chi connectivity index (χ0v) is 10.5. The highest BCUT2D eigenvalue weighted by Gasteiger charge is 2.18. The Morgan fingerprint density at radius 2 is 1.38 bits per heavy atom. The Kier molecular flexibility index (Phi) is 4.22. The number of nitrogens with one attached hydrogen (secondary N) is 2. The summed E-state index contributed by atoms with van der Waals surface area (Å²) in [7, 11) is 0. The molecule has 0 saturated heterocycles. The van der Waals surface area contributed by atoms with E-state index in [2.05, 4.69) is 5.32 Å². The van der Waals surface area contributed by atoms with Gasteiger partial charge in [-0.2, -0.15) is 0 Å². The van der Waals surface area contributed by atoms with Crippen molar-refractivity contribution < 1.29 is 22.8 Å². The van der Waals surface area contributed by atoms with Gasteiger partial charge in [0.25, 0.3) is 0 Å². The summed E-state index contributed by atoms with van der Waals surface area (Å²) in [5.41, 5.74) is -0.680. The average molecular weight is 294 g/mol. The van der Waals surface area contributed by atoms with Crippen LogP contribution in [0.2, 0.25) is 0 Å². The maximum absolute atomic E-state index is 13.3. The zero-order valence-electron chi connectivity index (χ0n) is 10.5. The van der Waals surface area contributed by atoms with E-state index in [-0.39, 0.29) is 5.69 Å². The van der Waals surface area contributed by atoms with Crippen LogP contribution in [0.4, 0.5) is 24.5 Å². The lowest BCUT2D eigenvalue weighted by molar-refractivity contribution is -0.133. The molecule has 0 bridgehead atoms. The molecule has 21 heavy (non-hydrogen) atoms. The summed E-state index contributed by atoms with van der Waals surface area (Å²) in [6, 6.07) is 7.83. The monoisotopic (exact) mass is 294 g/mol. The minimum absolute atomic E-state index is 0.0455. The van der Waals surface area contributed by atoms with E-state index in [1.165, 1.54) is 12.1 Å². The van der Waals surface area contributed by atoms with E-state index in [1.807, 2.05) is 5.32 Å². The minimum Gasteiger partial charge on any atom is -0.318 e. The zero-order chi connectivity index (χ0) is 15.4. The molecule has 2 amide bonds. The number of carbonyl (C=O) groups excluding carboxylic acids is 2. The minimum atomic E-state index is -1.27. The molecular formula is C14H9F3N2O2. The van der Waals surface area contributed by atoms with E-state index < -0.39 is 35.0 Å². The largest absolute Gasteiger partial charge is 0.318 e. The van der Waals surface area contributed by atoms with Crippen LogP contribution in [0.5, 0.6) is 0 Å². The van der Waals surface area contributed by atoms with Crippen LogP contribution < -0.4 is 10.6 Å². The summed E-state index contributed by atoms with van der Waals surface area (Å²) < 4.78 is 39.6. The second kappa shape index (κ2) is 6.08. The van der Waals surface area contributed by atoms with Gasteiger partial charge in [0, 0.05) is 5.69 Å². The van der Waals surface area contributed by atoms with E-state index >= 15 is 0 Å². The summed E-state index contributed by atoms with van der Waals surface area (Å²) in [6.45, 7) is 0. The molecule has 0 unspecified atom stereocenters. The maximum Gasteiger partial charge on any atom is 0.314 e. The molecule has 2 aromatic carbocycles. The number of amides is 2. The van der Waals surface area contributed by atoms with Crippen LogP contribution in [0.15, 0.2) is 42.5 Å². The van der Waals surface area contributed by atoms with Crippen LogP contribution >= 0.6 is 0 Å². The van der Waals surface area contributed by atoms with E-state index in [4.69, 9.17) is 0 Å². The Morgan fingerprint density at radius 3 is 2.00 bits per heavy atom. The molecule has 0 aromatic heterocycles. The van der Waals surface area contributed by atoms with E-state index in [9.17, 15) is 22.8 Å². The molecule has 7 heteroatoms. The average Bonchev–Trinajstić information content (AvgIpc) is 2.43. The van der Waals surface area contributed by atoms with Gasteiger partial charge >= 0.3 is 11.8 Å². The predicted octanol–water partition coefficient (Wildman–Crippen LogP) is 2.68. The third-order valence-electron chi connectivity index (χ3n) is 2.49. The lowest BCUT2D eigenvalue weighted by Gasteiger charge is -2.08. The first-order chi connectivity index (χ1) is 9.97. The summed E-state index contributed by atoms with van der Waals surface area (Å²) in [6.07, 6.45) is 0. The van der Waals surface area contributed by atoms with Crippen LogP contribution in [0.1, 0.15) is 0 Å². The molecule has 2 aromatic rings. The second-order valence-electron chi connectivity index (χ2n) is 4.02. The number of halogens is 3. The van der Waals surface area contributed by atoms with E-state index in [0.29, 0.717) is 0 Å². The van der Waals surface area contributed by atoms with Gasteiger partial charge in [0.2, 0.25) is 0 Å². The highest BCUT2D eigenvalue weighted by atomic mass is 19.1. The molecule has 0 atom stereocenters. The van der Waals surface area contributed by atoms with Crippen molar-refractivity contribution in [3.05, 3.63) is 59.9 Å². The first kappa shape index (κ1) is 14.6. The highest BCUT2D eigenvalue weighted by Crippen LogP contribution is 2.18. The Morgan fingerprint density at radius 1 is 0.810 bits per heavy atom. The molecule has 0 radical (unpaired) electrons. The van der Waals surface area contributed by atoms with E-state index in [1.54, 1.807) is 0 Å². The predicted molar refractivity (Wildman–Crippen MR) is 70.0 cm³/mol. The maximum atomic E-state index is 13.3. The van der Waals surface area contributed by atoms with Gasteiger partial charge in [-0.3, -0.25) is 9.59 Å². The summed E-state index contributed by atoms with van der Waals surface area (Å²) in [5.74, 6) is -5.08. The smallest absolute Gasteiger partial charge is 0.314 e. The van der Waals surface area contributed by atoms with Gasteiger partial charge in [-0.05, 0) is 30.3 Å². The normalized spacial score (nSPS) is 10.0. The third-order valence-corrected chi connectivity index (χ3v) is 2.49. The fourth-order valence-corrected chi connectivity index (χ4v) is 1.54. The molecular weight excluding hydrogens is 285 g/mol. The molecule has 2 rings (SSSR count). The Balaban J connectivity index is 2.08. The van der Waals surface area contributed by atoms with Crippen molar-refractivity contribution in [2.75, 3.05) is 10.6 Å². The number of rotatable bonds is 2. The molecule has 0 aliphatic carbocycles. The van der Waals surface area contributed by atoms with Crippen molar-refractivity contribution in [2.24, 2.45) is 0 Å². The molecule has 0 heterocycles. The molecule has 0 fully saturated rings. The van der Waals surface area contributed by atoms with Crippen molar-refractivity contribution in [1.29, 1.82) is 0 Å². The van der Waals surface area contributed by atoms with Gasteiger partial charge in [0.05, 0.1) is 0 Å². The van der Waals surface area contributed by atoms with Gasteiger partial charge < -0.3 is 10.6 Å². The van der Waals surface area contributed by atoms with Gasteiger partial charge in [-0.15, -0.1) is 0 Å². The highest BCUT2D eigenvalue weighted by molar-refractivity contribution is 6.43. The number of para-hydroxylation sites is 1. The first-order valence-electron chi connectivity index (χ1n) is 5.79. The van der Waals surface area contributed by atoms with Crippen molar-refractivity contribution >= 4 is 23.2 Å². The molecule has 108 valence electrons. The number of hydrogen-bond acceptors (Lipinski definition) is 2. The first-order valence-corrected chi connectivity index (χ1v) is 5.79. The molecule has 0 spiro atoms. The van der Waals surface area contributed by atoms with Crippen LogP contribution in [0.3, 0.4) is 0 Å². The standard InChI is InChI=1S/C14H9F3N2O2/c15-8-3-1-4-9(7-8)18-13(20)14(21)19-12-10(16)5-2-6-11(12)17/h1-7H,(H,18,20)(H,19,21). The third kappa shape index (κ3) is 3.59. The Hall–Kier alpha value is -2.83. The van der Waals surface area contributed by atoms with Gasteiger partial charge in [-0.25, -0.2) is 13.2 Å². The van der Waals surface area contributed by atoms with Crippen molar-refractivity contribution in [3.63, 3.8) is 0 Å². The Bertz CT molecular complexity index is 684. The fourth-order valence-electron chi connectivity index (χ4n) is 1.54. The molecule has 4 nitrogen and oxygen atoms in total. The van der Waals surface area contributed by atoms with Crippen LogP contribution in [0.25, 0.3) is 0 Å². The number of carbonyl (C=O) groups is 2. The Labute approximate surface area is 117 Å². The molecule has 0 saturated carbocycles. The lowest BCUT2D eigenvalue weighted by Crippen LogP contribution is -2.29. The number of anilines is 2. The summed E-state index contributed by atoms with van der Waals surface area (Å²) in [4.78, 5) is 23.1. The van der Waals surface area contributed by atoms with E-state index in [0.717, 1.165) is 30.3 Å². The molecule has 0 aliphatic rings. The van der Waals surface area contributed by atoms with Gasteiger partial charge in [-0.1, -0.05) is 12.1 Å².